The monoisotopic (exact) mass is 269 g/mol. The molecule has 0 spiro atoms. The standard InChI is InChI=1S/C11H12ClN3O3/c1-2-18-11(16)10(7-13-17)15-14-9-5-3-4-8(12)6-9/h3-7,14,17H,2H2,1H3/b13-7+,15-10+. The Morgan fingerprint density at radius 2 is 2.39 bits per heavy atom. The number of carbonyl (C=O) groups is 1. The Bertz CT molecular complexity index is 474. The molecule has 0 unspecified atom stereocenters. The van der Waals surface area contributed by atoms with Crippen LogP contribution in [0.15, 0.2) is 34.5 Å². The second-order valence-corrected chi connectivity index (χ2v) is 3.52. The molecule has 1 aromatic rings. The molecule has 18 heavy (non-hydrogen) atoms. The number of rotatable bonds is 5. The van der Waals surface area contributed by atoms with Crippen molar-refractivity contribution in [2.24, 2.45) is 10.3 Å². The molecule has 0 fully saturated rings. The summed E-state index contributed by atoms with van der Waals surface area (Å²) >= 11 is 5.79. The average molecular weight is 270 g/mol. The van der Waals surface area contributed by atoms with Crippen molar-refractivity contribution in [1.82, 2.24) is 0 Å². The third-order valence-corrected chi connectivity index (χ3v) is 2.03. The zero-order chi connectivity index (χ0) is 13.4. The van der Waals surface area contributed by atoms with Crippen molar-refractivity contribution in [2.45, 2.75) is 6.92 Å². The van der Waals surface area contributed by atoms with Crippen LogP contribution in [-0.2, 0) is 9.53 Å². The van der Waals surface area contributed by atoms with Gasteiger partial charge in [-0.25, -0.2) is 4.79 Å². The molecule has 0 amide bonds. The number of halogens is 1. The highest BCUT2D eigenvalue weighted by molar-refractivity contribution is 6.59. The predicted molar refractivity (Wildman–Crippen MR) is 69.4 cm³/mol. The summed E-state index contributed by atoms with van der Waals surface area (Å²) in [4.78, 5) is 11.4. The molecule has 2 N–H and O–H groups in total. The van der Waals surface area contributed by atoms with E-state index in [2.05, 4.69) is 15.7 Å². The van der Waals surface area contributed by atoms with Crippen LogP contribution in [0.1, 0.15) is 6.92 Å². The highest BCUT2D eigenvalue weighted by atomic mass is 35.5. The highest BCUT2D eigenvalue weighted by Gasteiger charge is 2.10. The van der Waals surface area contributed by atoms with E-state index >= 15 is 0 Å². The summed E-state index contributed by atoms with van der Waals surface area (Å²) in [7, 11) is 0. The number of carbonyl (C=O) groups excluding carboxylic acids is 1. The summed E-state index contributed by atoms with van der Waals surface area (Å²) in [6.07, 6.45) is 0.884. The number of oxime groups is 1. The first-order valence-corrected chi connectivity index (χ1v) is 5.49. The largest absolute Gasteiger partial charge is 0.461 e. The molecular formula is C11H12ClN3O3. The molecule has 7 heteroatoms. The summed E-state index contributed by atoms with van der Waals surface area (Å²) in [6.45, 7) is 1.87. The van der Waals surface area contributed by atoms with E-state index in [0.717, 1.165) is 6.21 Å². The van der Waals surface area contributed by atoms with E-state index in [4.69, 9.17) is 21.5 Å². The zero-order valence-corrected chi connectivity index (χ0v) is 10.4. The number of hydrogen-bond acceptors (Lipinski definition) is 6. The third kappa shape index (κ3) is 4.42. The van der Waals surface area contributed by atoms with Crippen LogP contribution < -0.4 is 5.43 Å². The first kappa shape index (κ1) is 14.0. The molecule has 96 valence electrons. The van der Waals surface area contributed by atoms with Crippen molar-refractivity contribution in [1.29, 1.82) is 0 Å². The van der Waals surface area contributed by atoms with Gasteiger partial charge in [-0.15, -0.1) is 0 Å². The van der Waals surface area contributed by atoms with Gasteiger partial charge < -0.3 is 9.94 Å². The number of benzene rings is 1. The summed E-state index contributed by atoms with van der Waals surface area (Å²) in [5.41, 5.74) is 3.05. The molecule has 0 aliphatic heterocycles. The smallest absolute Gasteiger partial charge is 0.360 e. The van der Waals surface area contributed by atoms with Gasteiger partial charge in [0.15, 0.2) is 5.71 Å². The van der Waals surface area contributed by atoms with Crippen LogP contribution in [0.25, 0.3) is 0 Å². The topological polar surface area (TPSA) is 83.3 Å². The van der Waals surface area contributed by atoms with Gasteiger partial charge in [0, 0.05) is 5.02 Å². The highest BCUT2D eigenvalue weighted by Crippen LogP contribution is 2.14. The predicted octanol–water partition coefficient (Wildman–Crippen LogP) is 2.13. The van der Waals surface area contributed by atoms with Crippen molar-refractivity contribution in [2.75, 3.05) is 12.0 Å². The van der Waals surface area contributed by atoms with Crippen LogP contribution in [-0.4, -0.2) is 29.7 Å². The fourth-order valence-electron chi connectivity index (χ4n) is 1.07. The molecule has 0 aromatic heterocycles. The molecule has 0 bridgehead atoms. The van der Waals surface area contributed by atoms with E-state index in [-0.39, 0.29) is 12.3 Å². The minimum Gasteiger partial charge on any atom is -0.461 e. The Labute approximate surface area is 109 Å². The maximum Gasteiger partial charge on any atom is 0.360 e. The van der Waals surface area contributed by atoms with Crippen molar-refractivity contribution < 1.29 is 14.7 Å². The normalized spacial score (nSPS) is 11.6. The number of hydrogen-bond donors (Lipinski definition) is 2. The van der Waals surface area contributed by atoms with E-state index in [0.29, 0.717) is 10.7 Å². The van der Waals surface area contributed by atoms with E-state index in [1.165, 1.54) is 0 Å². The molecular weight excluding hydrogens is 258 g/mol. The first-order valence-electron chi connectivity index (χ1n) is 5.11. The average Bonchev–Trinajstić information content (AvgIpc) is 2.35. The lowest BCUT2D eigenvalue weighted by molar-refractivity contribution is -0.134. The van der Waals surface area contributed by atoms with E-state index in [9.17, 15) is 4.79 Å². The van der Waals surface area contributed by atoms with Gasteiger partial charge in [0.2, 0.25) is 0 Å². The molecule has 0 saturated heterocycles. The number of ether oxygens (including phenoxy) is 1. The molecule has 1 rings (SSSR count). The lowest BCUT2D eigenvalue weighted by Gasteiger charge is -2.03. The van der Waals surface area contributed by atoms with E-state index in [1.807, 2.05) is 0 Å². The molecule has 6 nitrogen and oxygen atoms in total. The fourth-order valence-corrected chi connectivity index (χ4v) is 1.26. The van der Waals surface area contributed by atoms with Crippen molar-refractivity contribution in [3.8, 4) is 0 Å². The van der Waals surface area contributed by atoms with Gasteiger partial charge >= 0.3 is 5.97 Å². The molecule has 0 atom stereocenters. The molecule has 0 aliphatic carbocycles. The summed E-state index contributed by atoms with van der Waals surface area (Å²) < 4.78 is 4.73. The van der Waals surface area contributed by atoms with Gasteiger partial charge in [-0.05, 0) is 25.1 Å². The SMILES string of the molecule is CCOC(=O)C(/C=N/O)=N/Nc1cccc(Cl)c1. The summed E-state index contributed by atoms with van der Waals surface area (Å²) in [5.74, 6) is -0.690. The second-order valence-electron chi connectivity index (χ2n) is 3.08. The van der Waals surface area contributed by atoms with Crippen molar-refractivity contribution >= 4 is 35.2 Å². The minimum atomic E-state index is -0.690. The number of nitrogens with zero attached hydrogens (tertiary/aromatic N) is 2. The van der Waals surface area contributed by atoms with Gasteiger partial charge in [-0.2, -0.15) is 5.10 Å². The van der Waals surface area contributed by atoms with E-state index in [1.54, 1.807) is 31.2 Å². The number of anilines is 1. The Balaban J connectivity index is 2.80. The van der Waals surface area contributed by atoms with Crippen LogP contribution in [0.4, 0.5) is 5.69 Å². The first-order chi connectivity index (χ1) is 8.67. The van der Waals surface area contributed by atoms with Crippen LogP contribution in [0.2, 0.25) is 5.02 Å². The van der Waals surface area contributed by atoms with Gasteiger partial charge in [0.25, 0.3) is 0 Å². The summed E-state index contributed by atoms with van der Waals surface area (Å²) in [5, 5.41) is 15.5. The second kappa shape index (κ2) is 7.29. The van der Waals surface area contributed by atoms with Crippen molar-refractivity contribution in [3.05, 3.63) is 29.3 Å². The fraction of sp³-hybridized carbons (Fsp3) is 0.182. The van der Waals surface area contributed by atoms with Gasteiger partial charge in [0.1, 0.15) is 6.21 Å². The quantitative estimate of drug-likeness (QED) is 0.371. The molecule has 0 radical (unpaired) electrons. The van der Waals surface area contributed by atoms with Gasteiger partial charge in [-0.3, -0.25) is 5.43 Å². The number of nitrogens with one attached hydrogen (secondary N) is 1. The summed E-state index contributed by atoms with van der Waals surface area (Å²) in [6, 6.07) is 6.78. The molecule has 0 aliphatic rings. The zero-order valence-electron chi connectivity index (χ0n) is 9.63. The maximum absolute atomic E-state index is 11.4. The van der Waals surface area contributed by atoms with Crippen LogP contribution in [0, 0.1) is 0 Å². The van der Waals surface area contributed by atoms with Gasteiger partial charge in [-0.1, -0.05) is 22.8 Å². The number of esters is 1. The lowest BCUT2D eigenvalue weighted by Crippen LogP contribution is -2.20. The van der Waals surface area contributed by atoms with Crippen LogP contribution in [0.3, 0.4) is 0 Å². The Morgan fingerprint density at radius 1 is 1.61 bits per heavy atom. The minimum absolute atomic E-state index is 0.153. The lowest BCUT2D eigenvalue weighted by atomic mass is 10.3. The third-order valence-electron chi connectivity index (χ3n) is 1.79. The number of hydrazone groups is 1. The van der Waals surface area contributed by atoms with Crippen LogP contribution >= 0.6 is 11.6 Å². The molecule has 0 heterocycles. The Morgan fingerprint density at radius 3 is 3.00 bits per heavy atom. The van der Waals surface area contributed by atoms with Gasteiger partial charge in [0.05, 0.1) is 12.3 Å². The maximum atomic E-state index is 11.4. The molecule has 1 aromatic carbocycles. The Hall–Kier alpha value is -2.08. The van der Waals surface area contributed by atoms with Crippen LogP contribution in [0.5, 0.6) is 0 Å². The van der Waals surface area contributed by atoms with E-state index < -0.39 is 5.97 Å². The molecule has 0 saturated carbocycles. The van der Waals surface area contributed by atoms with Crippen molar-refractivity contribution in [3.63, 3.8) is 0 Å². The Kier molecular flexibility index (Phi) is 5.66.